The molecule has 0 aliphatic heterocycles. The van der Waals surface area contributed by atoms with Crippen LogP contribution >= 0.6 is 0 Å². The van der Waals surface area contributed by atoms with E-state index in [9.17, 15) is 22.0 Å². The van der Waals surface area contributed by atoms with Crippen LogP contribution in [0.5, 0.6) is 0 Å². The van der Waals surface area contributed by atoms with Gasteiger partial charge in [0.1, 0.15) is 0 Å². The molecule has 8 heteroatoms. The smallest absolute Gasteiger partial charge is 0.255 e. The molecule has 5 nitrogen and oxygen atoms in total. The number of primary sulfonamides is 1. The van der Waals surface area contributed by atoms with E-state index in [0.29, 0.717) is 11.3 Å². The quantitative estimate of drug-likeness (QED) is 0.900. The molecule has 0 aliphatic carbocycles. The van der Waals surface area contributed by atoms with E-state index in [4.69, 9.17) is 5.14 Å². The second kappa shape index (κ2) is 6.20. The van der Waals surface area contributed by atoms with Gasteiger partial charge < -0.3 is 5.32 Å². The van der Waals surface area contributed by atoms with E-state index in [-0.39, 0.29) is 11.3 Å². The normalized spacial score (nSPS) is 11.2. The number of hydrogen-bond acceptors (Lipinski definition) is 3. The Bertz CT molecular complexity index is 805. The van der Waals surface area contributed by atoms with Gasteiger partial charge >= 0.3 is 0 Å². The predicted octanol–water partition coefficient (Wildman–Crippen LogP) is 2.01. The molecule has 22 heavy (non-hydrogen) atoms. The van der Waals surface area contributed by atoms with Gasteiger partial charge in [0.05, 0.1) is 5.75 Å². The first-order valence-electron chi connectivity index (χ1n) is 6.10. The molecule has 0 saturated heterocycles. The van der Waals surface area contributed by atoms with Crippen LogP contribution in [0.25, 0.3) is 0 Å². The summed E-state index contributed by atoms with van der Waals surface area (Å²) in [5, 5.41) is 7.41. The molecule has 1 amide bonds. The summed E-state index contributed by atoms with van der Waals surface area (Å²) in [5.74, 6) is -3.08. The first-order chi connectivity index (χ1) is 10.2. The fourth-order valence-electron chi connectivity index (χ4n) is 1.76. The molecule has 2 aromatic rings. The summed E-state index contributed by atoms with van der Waals surface area (Å²) >= 11 is 0. The molecule has 0 unspecified atom stereocenters. The van der Waals surface area contributed by atoms with Crippen molar-refractivity contribution >= 4 is 21.6 Å². The van der Waals surface area contributed by atoms with Crippen molar-refractivity contribution in [1.82, 2.24) is 0 Å². The molecule has 0 heterocycles. The van der Waals surface area contributed by atoms with Crippen molar-refractivity contribution in [1.29, 1.82) is 0 Å². The fraction of sp³-hybridized carbons (Fsp3) is 0.0714. The maximum atomic E-state index is 13.1. The highest BCUT2D eigenvalue weighted by Crippen LogP contribution is 2.14. The van der Waals surface area contributed by atoms with Crippen LogP contribution in [0.4, 0.5) is 14.5 Å². The lowest BCUT2D eigenvalue weighted by Crippen LogP contribution is -2.15. The van der Waals surface area contributed by atoms with Crippen molar-refractivity contribution in [3.8, 4) is 0 Å². The van der Waals surface area contributed by atoms with E-state index in [1.54, 1.807) is 0 Å². The Morgan fingerprint density at radius 3 is 2.23 bits per heavy atom. The number of anilines is 1. The van der Waals surface area contributed by atoms with Crippen LogP contribution in [0.2, 0.25) is 0 Å². The van der Waals surface area contributed by atoms with Gasteiger partial charge in [0.25, 0.3) is 5.91 Å². The van der Waals surface area contributed by atoms with Crippen LogP contribution in [0.3, 0.4) is 0 Å². The number of nitrogens with one attached hydrogen (secondary N) is 1. The second-order valence-electron chi connectivity index (χ2n) is 4.59. The van der Waals surface area contributed by atoms with E-state index < -0.39 is 27.6 Å². The van der Waals surface area contributed by atoms with Gasteiger partial charge in [-0.3, -0.25) is 4.79 Å². The Morgan fingerprint density at radius 2 is 1.68 bits per heavy atom. The number of benzene rings is 2. The Kier molecular flexibility index (Phi) is 4.53. The highest BCUT2D eigenvalue weighted by atomic mass is 32.2. The molecule has 116 valence electrons. The monoisotopic (exact) mass is 326 g/mol. The maximum Gasteiger partial charge on any atom is 0.255 e. The third-order valence-electron chi connectivity index (χ3n) is 2.76. The van der Waals surface area contributed by atoms with Crippen molar-refractivity contribution in [2.24, 2.45) is 5.14 Å². The molecule has 0 aromatic heterocycles. The Morgan fingerprint density at radius 1 is 1.05 bits per heavy atom. The van der Waals surface area contributed by atoms with E-state index in [0.717, 1.165) is 18.2 Å². The highest BCUT2D eigenvalue weighted by molar-refractivity contribution is 7.88. The lowest BCUT2D eigenvalue weighted by molar-refractivity contribution is 0.102. The number of nitrogens with two attached hydrogens (primary N) is 1. The van der Waals surface area contributed by atoms with Gasteiger partial charge in [-0.25, -0.2) is 22.3 Å². The molecule has 0 spiro atoms. The van der Waals surface area contributed by atoms with Gasteiger partial charge in [-0.1, -0.05) is 12.1 Å². The van der Waals surface area contributed by atoms with Gasteiger partial charge in [-0.2, -0.15) is 0 Å². The first-order valence-corrected chi connectivity index (χ1v) is 7.82. The Balaban J connectivity index is 2.10. The average molecular weight is 326 g/mol. The zero-order valence-electron chi connectivity index (χ0n) is 11.2. The summed E-state index contributed by atoms with van der Waals surface area (Å²) in [6, 6.07) is 8.76. The van der Waals surface area contributed by atoms with Gasteiger partial charge in [0.15, 0.2) is 11.6 Å². The number of carbonyl (C=O) groups is 1. The topological polar surface area (TPSA) is 89.3 Å². The van der Waals surface area contributed by atoms with E-state index in [1.807, 2.05) is 0 Å². The van der Waals surface area contributed by atoms with E-state index in [2.05, 4.69) is 5.32 Å². The lowest BCUT2D eigenvalue weighted by atomic mass is 10.2. The highest BCUT2D eigenvalue weighted by Gasteiger charge is 2.10. The minimum absolute atomic E-state index is 0.0347. The maximum absolute atomic E-state index is 13.1. The molecule has 2 aromatic carbocycles. The van der Waals surface area contributed by atoms with Crippen molar-refractivity contribution in [3.05, 3.63) is 65.2 Å². The molecule has 0 radical (unpaired) electrons. The number of amides is 1. The van der Waals surface area contributed by atoms with E-state index >= 15 is 0 Å². The largest absolute Gasteiger partial charge is 0.322 e. The SMILES string of the molecule is NS(=O)(=O)Cc1ccc(NC(=O)c2ccc(F)c(F)c2)cc1. The summed E-state index contributed by atoms with van der Waals surface area (Å²) in [7, 11) is -3.63. The van der Waals surface area contributed by atoms with Crippen LogP contribution in [-0.2, 0) is 15.8 Å². The number of hydrogen-bond donors (Lipinski definition) is 2. The molecule has 0 bridgehead atoms. The lowest BCUT2D eigenvalue weighted by Gasteiger charge is -2.07. The van der Waals surface area contributed by atoms with Crippen LogP contribution in [-0.4, -0.2) is 14.3 Å². The third kappa shape index (κ3) is 4.34. The van der Waals surface area contributed by atoms with Crippen molar-refractivity contribution in [2.45, 2.75) is 5.75 Å². The summed E-state index contributed by atoms with van der Waals surface area (Å²) in [5.41, 5.74) is 0.814. The van der Waals surface area contributed by atoms with Gasteiger partial charge in [0.2, 0.25) is 10.0 Å². The average Bonchev–Trinajstić information content (AvgIpc) is 2.42. The van der Waals surface area contributed by atoms with Gasteiger partial charge in [-0.05, 0) is 35.9 Å². The van der Waals surface area contributed by atoms with E-state index in [1.165, 1.54) is 24.3 Å². The summed E-state index contributed by atoms with van der Waals surface area (Å²) < 4.78 is 47.8. The fourth-order valence-corrected chi connectivity index (χ4v) is 2.41. The van der Waals surface area contributed by atoms with Crippen LogP contribution in [0.1, 0.15) is 15.9 Å². The second-order valence-corrected chi connectivity index (χ2v) is 6.20. The predicted molar refractivity (Wildman–Crippen MR) is 77.6 cm³/mol. The summed E-state index contributed by atoms with van der Waals surface area (Å²) in [4.78, 5) is 11.9. The van der Waals surface area contributed by atoms with Crippen molar-refractivity contribution in [2.75, 3.05) is 5.32 Å². The number of carbonyl (C=O) groups excluding carboxylic acids is 1. The summed E-state index contributed by atoms with van der Waals surface area (Å²) in [6.45, 7) is 0. The zero-order chi connectivity index (χ0) is 16.3. The van der Waals surface area contributed by atoms with Crippen molar-refractivity contribution < 1.29 is 22.0 Å². The molecule has 0 aliphatic rings. The zero-order valence-corrected chi connectivity index (χ0v) is 12.0. The first kappa shape index (κ1) is 16.1. The van der Waals surface area contributed by atoms with Crippen molar-refractivity contribution in [3.63, 3.8) is 0 Å². The Hall–Kier alpha value is -2.32. The number of halogens is 2. The standard InChI is InChI=1S/C14H12F2N2O3S/c15-12-6-3-10(7-13(12)16)14(19)18-11-4-1-9(2-5-11)8-22(17,20)21/h1-7H,8H2,(H,18,19)(H2,17,20,21). The van der Waals surface area contributed by atoms with Gasteiger partial charge in [0, 0.05) is 11.3 Å². The van der Waals surface area contributed by atoms with Crippen LogP contribution in [0.15, 0.2) is 42.5 Å². The molecular formula is C14H12F2N2O3S. The minimum Gasteiger partial charge on any atom is -0.322 e. The third-order valence-corrected chi connectivity index (χ3v) is 3.50. The molecule has 3 N–H and O–H groups in total. The van der Waals surface area contributed by atoms with Gasteiger partial charge in [-0.15, -0.1) is 0 Å². The molecular weight excluding hydrogens is 314 g/mol. The molecule has 0 atom stereocenters. The van der Waals surface area contributed by atoms with Crippen LogP contribution in [0, 0.1) is 11.6 Å². The molecule has 0 fully saturated rings. The molecule has 2 rings (SSSR count). The van der Waals surface area contributed by atoms with Crippen LogP contribution < -0.4 is 10.5 Å². The number of sulfonamides is 1. The minimum atomic E-state index is -3.63. The summed E-state index contributed by atoms with van der Waals surface area (Å²) in [6.07, 6.45) is 0. The number of rotatable bonds is 4. The molecule has 0 saturated carbocycles. The Labute approximate surface area is 125 Å².